The van der Waals surface area contributed by atoms with E-state index in [1.807, 2.05) is 6.92 Å². The molecule has 13 heavy (non-hydrogen) atoms. The highest BCUT2D eigenvalue weighted by atomic mass is 32.1. The number of hydrogen-bond donors (Lipinski definition) is 1. The molecule has 0 spiro atoms. The third kappa shape index (κ3) is 2.87. The fourth-order valence-corrected chi connectivity index (χ4v) is 2.11. The molecule has 0 amide bonds. The van der Waals surface area contributed by atoms with Crippen LogP contribution in [0, 0.1) is 12.3 Å². The van der Waals surface area contributed by atoms with Crippen LogP contribution in [0.15, 0.2) is 17.5 Å². The van der Waals surface area contributed by atoms with Crippen molar-refractivity contribution in [2.45, 2.75) is 32.4 Å². The summed E-state index contributed by atoms with van der Waals surface area (Å²) in [5.74, 6) is 2.69. The van der Waals surface area contributed by atoms with E-state index < -0.39 is 0 Å². The molecule has 1 aromatic rings. The average Bonchev–Trinajstić information content (AvgIpc) is 2.66. The van der Waals surface area contributed by atoms with Crippen molar-refractivity contribution >= 4 is 11.3 Å². The van der Waals surface area contributed by atoms with Gasteiger partial charge >= 0.3 is 0 Å². The molecule has 70 valence electrons. The molecule has 0 aliphatic heterocycles. The predicted molar refractivity (Wildman–Crippen MR) is 58.8 cm³/mol. The van der Waals surface area contributed by atoms with Gasteiger partial charge in [0.15, 0.2) is 0 Å². The van der Waals surface area contributed by atoms with Crippen molar-refractivity contribution in [1.29, 1.82) is 0 Å². The molecule has 1 aromatic heterocycles. The van der Waals surface area contributed by atoms with Crippen molar-refractivity contribution in [1.82, 2.24) is 5.32 Å². The maximum atomic E-state index is 5.32. The maximum Gasteiger partial charge on any atom is 0.0663 e. The number of rotatable bonds is 4. The molecule has 2 heteroatoms. The second kappa shape index (κ2) is 5.06. The SMILES string of the molecule is C#CC(C)NC(CC)c1cccs1. The molecular weight excluding hydrogens is 178 g/mol. The summed E-state index contributed by atoms with van der Waals surface area (Å²) in [5, 5.41) is 5.49. The fourth-order valence-electron chi connectivity index (χ4n) is 1.24. The second-order valence-electron chi connectivity index (χ2n) is 3.03. The minimum Gasteiger partial charge on any atom is -0.296 e. The van der Waals surface area contributed by atoms with Crippen LogP contribution >= 0.6 is 11.3 Å². The van der Waals surface area contributed by atoms with E-state index in [9.17, 15) is 0 Å². The summed E-state index contributed by atoms with van der Waals surface area (Å²) in [6.45, 7) is 4.18. The van der Waals surface area contributed by atoms with Crippen molar-refractivity contribution in [3.8, 4) is 12.3 Å². The molecule has 0 radical (unpaired) electrons. The van der Waals surface area contributed by atoms with Gasteiger partial charge in [0.25, 0.3) is 0 Å². The minimum absolute atomic E-state index is 0.145. The smallest absolute Gasteiger partial charge is 0.0663 e. The summed E-state index contributed by atoms with van der Waals surface area (Å²) < 4.78 is 0. The number of hydrogen-bond acceptors (Lipinski definition) is 2. The number of nitrogens with one attached hydrogen (secondary N) is 1. The normalized spacial score (nSPS) is 14.8. The van der Waals surface area contributed by atoms with E-state index in [1.165, 1.54) is 4.88 Å². The summed E-state index contributed by atoms with van der Waals surface area (Å²) >= 11 is 1.78. The summed E-state index contributed by atoms with van der Waals surface area (Å²) in [4.78, 5) is 1.37. The van der Waals surface area contributed by atoms with Crippen LogP contribution in [0.1, 0.15) is 31.2 Å². The molecule has 0 aliphatic rings. The van der Waals surface area contributed by atoms with E-state index in [1.54, 1.807) is 11.3 Å². The van der Waals surface area contributed by atoms with Gasteiger partial charge in [-0.05, 0) is 24.8 Å². The van der Waals surface area contributed by atoms with Gasteiger partial charge in [-0.25, -0.2) is 0 Å². The Labute approximate surface area is 84.2 Å². The molecule has 2 unspecified atom stereocenters. The molecular formula is C11H15NS. The van der Waals surface area contributed by atoms with Crippen molar-refractivity contribution < 1.29 is 0 Å². The second-order valence-corrected chi connectivity index (χ2v) is 4.01. The average molecular weight is 193 g/mol. The Morgan fingerprint density at radius 3 is 2.92 bits per heavy atom. The van der Waals surface area contributed by atoms with Crippen molar-refractivity contribution in [2.75, 3.05) is 0 Å². The van der Waals surface area contributed by atoms with E-state index >= 15 is 0 Å². The van der Waals surface area contributed by atoms with Gasteiger partial charge in [0.1, 0.15) is 0 Å². The highest BCUT2D eigenvalue weighted by Crippen LogP contribution is 2.21. The van der Waals surface area contributed by atoms with E-state index in [2.05, 4.69) is 35.7 Å². The van der Waals surface area contributed by atoms with Crippen molar-refractivity contribution in [3.05, 3.63) is 22.4 Å². The van der Waals surface area contributed by atoms with Gasteiger partial charge in [0.2, 0.25) is 0 Å². The highest BCUT2D eigenvalue weighted by Gasteiger charge is 2.11. The van der Waals surface area contributed by atoms with Crippen LogP contribution in [0.25, 0.3) is 0 Å². The van der Waals surface area contributed by atoms with E-state index in [-0.39, 0.29) is 6.04 Å². The summed E-state index contributed by atoms with van der Waals surface area (Å²) in [6.07, 6.45) is 6.40. The van der Waals surface area contributed by atoms with Gasteiger partial charge < -0.3 is 0 Å². The molecule has 2 atom stereocenters. The Balaban J connectivity index is 2.60. The lowest BCUT2D eigenvalue weighted by Crippen LogP contribution is -2.28. The van der Waals surface area contributed by atoms with Crippen LogP contribution in [0.5, 0.6) is 0 Å². The quantitative estimate of drug-likeness (QED) is 0.725. The Hall–Kier alpha value is -0.780. The monoisotopic (exact) mass is 193 g/mol. The Bertz CT molecular complexity index is 271. The molecule has 1 rings (SSSR count). The van der Waals surface area contributed by atoms with Crippen molar-refractivity contribution in [2.24, 2.45) is 0 Å². The van der Waals surface area contributed by atoms with Crippen LogP contribution in [0.4, 0.5) is 0 Å². The molecule has 0 bridgehead atoms. The zero-order valence-corrected chi connectivity index (χ0v) is 8.90. The van der Waals surface area contributed by atoms with Crippen LogP contribution < -0.4 is 5.32 Å². The Morgan fingerprint density at radius 2 is 2.46 bits per heavy atom. The molecule has 0 saturated heterocycles. The molecule has 1 nitrogen and oxygen atoms in total. The van der Waals surface area contributed by atoms with Gasteiger partial charge in [-0.3, -0.25) is 5.32 Å². The van der Waals surface area contributed by atoms with Crippen LogP contribution in [0.3, 0.4) is 0 Å². The van der Waals surface area contributed by atoms with Gasteiger partial charge in [-0.2, -0.15) is 0 Å². The minimum atomic E-state index is 0.145. The fraction of sp³-hybridized carbons (Fsp3) is 0.455. The van der Waals surface area contributed by atoms with Crippen LogP contribution in [-0.4, -0.2) is 6.04 Å². The van der Waals surface area contributed by atoms with E-state index in [0.717, 1.165) is 6.42 Å². The predicted octanol–water partition coefficient (Wildman–Crippen LogP) is 2.81. The lowest BCUT2D eigenvalue weighted by Gasteiger charge is -2.17. The largest absolute Gasteiger partial charge is 0.296 e. The summed E-state index contributed by atoms with van der Waals surface area (Å²) in [7, 11) is 0. The zero-order valence-electron chi connectivity index (χ0n) is 8.08. The molecule has 0 fully saturated rings. The topological polar surface area (TPSA) is 12.0 Å². The first kappa shape index (κ1) is 10.3. The van der Waals surface area contributed by atoms with E-state index in [4.69, 9.17) is 6.42 Å². The maximum absolute atomic E-state index is 5.32. The third-order valence-electron chi connectivity index (χ3n) is 2.00. The Morgan fingerprint density at radius 1 is 1.69 bits per heavy atom. The number of thiophene rings is 1. The Kier molecular flexibility index (Phi) is 4.01. The van der Waals surface area contributed by atoms with Gasteiger partial charge in [0.05, 0.1) is 6.04 Å². The molecule has 0 aliphatic carbocycles. The number of terminal acetylenes is 1. The lowest BCUT2D eigenvalue weighted by molar-refractivity contribution is 0.504. The zero-order chi connectivity index (χ0) is 9.68. The van der Waals surface area contributed by atoms with Gasteiger partial charge in [-0.15, -0.1) is 17.8 Å². The molecule has 0 saturated carbocycles. The summed E-state index contributed by atoms with van der Waals surface area (Å²) in [6, 6.07) is 4.78. The molecule has 0 aromatic carbocycles. The first-order valence-corrected chi connectivity index (χ1v) is 5.41. The first-order chi connectivity index (χ1) is 6.27. The molecule has 1 N–H and O–H groups in total. The standard InChI is InChI=1S/C11H15NS/c1-4-9(3)12-10(5-2)11-7-6-8-13-11/h1,6-10,12H,5H2,2-3H3. The highest BCUT2D eigenvalue weighted by molar-refractivity contribution is 7.10. The lowest BCUT2D eigenvalue weighted by atomic mass is 10.1. The van der Waals surface area contributed by atoms with Crippen LogP contribution in [0.2, 0.25) is 0 Å². The van der Waals surface area contributed by atoms with E-state index in [0.29, 0.717) is 6.04 Å². The first-order valence-electron chi connectivity index (χ1n) is 4.53. The van der Waals surface area contributed by atoms with Gasteiger partial charge in [0, 0.05) is 10.9 Å². The molecule has 1 heterocycles. The summed E-state index contributed by atoms with van der Waals surface area (Å²) in [5.41, 5.74) is 0. The van der Waals surface area contributed by atoms with Gasteiger partial charge in [-0.1, -0.05) is 18.9 Å². The van der Waals surface area contributed by atoms with Crippen molar-refractivity contribution in [3.63, 3.8) is 0 Å². The van der Waals surface area contributed by atoms with Crippen LogP contribution in [-0.2, 0) is 0 Å². The third-order valence-corrected chi connectivity index (χ3v) is 2.98.